The van der Waals surface area contributed by atoms with Crippen LogP contribution in [0.1, 0.15) is 38.1 Å². The van der Waals surface area contributed by atoms with Crippen molar-refractivity contribution in [3.05, 3.63) is 15.9 Å². The summed E-state index contributed by atoms with van der Waals surface area (Å²) in [5.41, 5.74) is 2.43. The van der Waals surface area contributed by atoms with E-state index in [0.717, 1.165) is 31.2 Å². The van der Waals surface area contributed by atoms with E-state index in [9.17, 15) is 0 Å². The molecule has 1 saturated carbocycles. The molecule has 2 heterocycles. The van der Waals surface area contributed by atoms with E-state index in [1.807, 2.05) is 0 Å². The molecule has 0 amide bonds. The van der Waals surface area contributed by atoms with Crippen LogP contribution in [0.2, 0.25) is 0 Å². The summed E-state index contributed by atoms with van der Waals surface area (Å²) < 4.78 is 3.33. The molecule has 4 nitrogen and oxygen atoms in total. The first-order valence-corrected chi connectivity index (χ1v) is 8.58. The first-order chi connectivity index (χ1) is 9.60. The molecule has 2 fully saturated rings. The van der Waals surface area contributed by atoms with Gasteiger partial charge in [-0.15, -0.1) is 0 Å². The van der Waals surface area contributed by atoms with Gasteiger partial charge in [0.25, 0.3) is 0 Å². The van der Waals surface area contributed by atoms with E-state index < -0.39 is 0 Å². The Morgan fingerprint density at radius 3 is 2.80 bits per heavy atom. The molecule has 0 aromatic carbocycles. The van der Waals surface area contributed by atoms with Gasteiger partial charge in [-0.3, -0.25) is 9.58 Å². The number of aromatic nitrogens is 2. The molecule has 2 atom stereocenters. The Morgan fingerprint density at radius 1 is 1.40 bits per heavy atom. The van der Waals surface area contributed by atoms with Crippen LogP contribution in [-0.4, -0.2) is 39.9 Å². The Balaban J connectivity index is 1.75. The van der Waals surface area contributed by atoms with Crippen LogP contribution in [0.5, 0.6) is 0 Å². The van der Waals surface area contributed by atoms with Gasteiger partial charge in [0.15, 0.2) is 0 Å². The van der Waals surface area contributed by atoms with E-state index in [-0.39, 0.29) is 0 Å². The zero-order valence-corrected chi connectivity index (χ0v) is 14.3. The fraction of sp³-hybridized carbons (Fsp3) is 0.800. The van der Waals surface area contributed by atoms with Crippen LogP contribution in [0.4, 0.5) is 0 Å². The van der Waals surface area contributed by atoms with Crippen LogP contribution in [0, 0.1) is 12.8 Å². The number of aryl methyl sites for hydroxylation is 2. The van der Waals surface area contributed by atoms with Crippen LogP contribution in [-0.2, 0) is 13.1 Å². The average molecular weight is 341 g/mol. The molecule has 0 spiro atoms. The third-order valence-corrected chi connectivity index (χ3v) is 5.76. The predicted octanol–water partition coefficient (Wildman–Crippen LogP) is 2.55. The first-order valence-electron chi connectivity index (χ1n) is 7.79. The minimum absolute atomic E-state index is 0.595. The minimum Gasteiger partial charge on any atom is -0.311 e. The lowest BCUT2D eigenvalue weighted by atomic mass is 10.1. The lowest BCUT2D eigenvalue weighted by Crippen LogP contribution is -2.55. The highest BCUT2D eigenvalue weighted by atomic mass is 79.9. The molecular formula is C15H25BrN4. The maximum absolute atomic E-state index is 4.61. The fourth-order valence-electron chi connectivity index (χ4n) is 3.20. The molecule has 112 valence electrons. The number of nitrogens with one attached hydrogen (secondary N) is 1. The van der Waals surface area contributed by atoms with Crippen molar-refractivity contribution in [1.82, 2.24) is 20.0 Å². The summed E-state index contributed by atoms with van der Waals surface area (Å²) in [5, 5.41) is 8.33. The SMILES string of the molecule is CCn1nc(C)c(Br)c1CN1CC(C2CC2)NCC1C. The minimum atomic E-state index is 0.595. The predicted molar refractivity (Wildman–Crippen MR) is 84.7 cm³/mol. The summed E-state index contributed by atoms with van der Waals surface area (Å²) in [7, 11) is 0. The van der Waals surface area contributed by atoms with Crippen molar-refractivity contribution in [2.75, 3.05) is 13.1 Å². The normalized spacial score (nSPS) is 28.0. The van der Waals surface area contributed by atoms with Crippen molar-refractivity contribution in [2.45, 2.75) is 58.8 Å². The number of halogens is 1. The monoisotopic (exact) mass is 340 g/mol. The van der Waals surface area contributed by atoms with Crippen LogP contribution in [0.15, 0.2) is 4.47 Å². The maximum atomic E-state index is 4.61. The number of nitrogens with zero attached hydrogens (tertiary/aromatic N) is 3. The topological polar surface area (TPSA) is 33.1 Å². The summed E-state index contributed by atoms with van der Waals surface area (Å²) in [6.45, 7) is 10.8. The molecule has 1 aromatic heterocycles. The Morgan fingerprint density at radius 2 is 2.15 bits per heavy atom. The summed E-state index contributed by atoms with van der Waals surface area (Å²) >= 11 is 3.72. The summed E-state index contributed by atoms with van der Waals surface area (Å²) in [5.74, 6) is 0.922. The Kier molecular flexibility index (Phi) is 4.20. The highest BCUT2D eigenvalue weighted by Crippen LogP contribution is 2.34. The van der Waals surface area contributed by atoms with E-state index in [1.54, 1.807) is 0 Å². The van der Waals surface area contributed by atoms with Gasteiger partial charge < -0.3 is 5.32 Å². The van der Waals surface area contributed by atoms with Gasteiger partial charge in [-0.1, -0.05) is 0 Å². The lowest BCUT2D eigenvalue weighted by Gasteiger charge is -2.39. The van der Waals surface area contributed by atoms with Crippen LogP contribution in [0.25, 0.3) is 0 Å². The van der Waals surface area contributed by atoms with Crippen molar-refractivity contribution >= 4 is 15.9 Å². The molecule has 2 unspecified atom stereocenters. The number of rotatable bonds is 4. The quantitative estimate of drug-likeness (QED) is 0.914. The van der Waals surface area contributed by atoms with Gasteiger partial charge in [-0.05, 0) is 55.5 Å². The van der Waals surface area contributed by atoms with Gasteiger partial charge in [0.2, 0.25) is 0 Å². The van der Waals surface area contributed by atoms with Crippen molar-refractivity contribution in [3.8, 4) is 0 Å². The molecule has 1 aromatic rings. The molecule has 20 heavy (non-hydrogen) atoms. The highest BCUT2D eigenvalue weighted by molar-refractivity contribution is 9.10. The number of piperazine rings is 1. The van der Waals surface area contributed by atoms with Crippen molar-refractivity contribution in [2.24, 2.45) is 5.92 Å². The standard InChI is InChI=1S/C15H25BrN4/c1-4-20-14(15(16)11(3)18-20)9-19-8-13(12-5-6-12)17-7-10(19)2/h10,12-13,17H,4-9H2,1-3H3. The molecule has 2 aliphatic rings. The van der Waals surface area contributed by atoms with Crippen molar-refractivity contribution in [3.63, 3.8) is 0 Å². The Labute approximate surface area is 130 Å². The largest absolute Gasteiger partial charge is 0.311 e. The van der Waals surface area contributed by atoms with Crippen LogP contribution < -0.4 is 5.32 Å². The molecule has 3 rings (SSSR count). The van der Waals surface area contributed by atoms with Gasteiger partial charge in [-0.25, -0.2) is 0 Å². The third-order valence-electron chi connectivity index (χ3n) is 4.73. The zero-order chi connectivity index (χ0) is 14.3. The molecule has 0 bridgehead atoms. The van der Waals surface area contributed by atoms with E-state index in [0.29, 0.717) is 12.1 Å². The van der Waals surface area contributed by atoms with Crippen molar-refractivity contribution in [1.29, 1.82) is 0 Å². The van der Waals surface area contributed by atoms with Crippen LogP contribution in [0.3, 0.4) is 0 Å². The lowest BCUT2D eigenvalue weighted by molar-refractivity contribution is 0.122. The molecule has 1 N–H and O–H groups in total. The molecule has 1 aliphatic heterocycles. The Hall–Kier alpha value is -0.390. The molecule has 5 heteroatoms. The van der Waals surface area contributed by atoms with Gasteiger partial charge in [-0.2, -0.15) is 5.10 Å². The van der Waals surface area contributed by atoms with Crippen LogP contribution >= 0.6 is 15.9 Å². The van der Waals surface area contributed by atoms with E-state index >= 15 is 0 Å². The summed E-state index contributed by atoms with van der Waals surface area (Å²) in [4.78, 5) is 2.62. The fourth-order valence-corrected chi connectivity index (χ4v) is 3.60. The second-order valence-corrected chi connectivity index (χ2v) is 7.09. The van der Waals surface area contributed by atoms with E-state index in [4.69, 9.17) is 0 Å². The smallest absolute Gasteiger partial charge is 0.0739 e. The highest BCUT2D eigenvalue weighted by Gasteiger charge is 2.36. The molecule has 1 aliphatic carbocycles. The second kappa shape index (κ2) is 5.78. The third kappa shape index (κ3) is 2.81. The number of hydrogen-bond donors (Lipinski definition) is 1. The zero-order valence-electron chi connectivity index (χ0n) is 12.7. The van der Waals surface area contributed by atoms with Crippen molar-refractivity contribution < 1.29 is 0 Å². The number of hydrogen-bond acceptors (Lipinski definition) is 3. The Bertz CT molecular complexity index is 480. The van der Waals surface area contributed by atoms with Gasteiger partial charge in [0, 0.05) is 38.3 Å². The molecular weight excluding hydrogens is 316 g/mol. The van der Waals surface area contributed by atoms with Gasteiger partial charge >= 0.3 is 0 Å². The summed E-state index contributed by atoms with van der Waals surface area (Å²) in [6.07, 6.45) is 2.82. The molecule has 0 radical (unpaired) electrons. The van der Waals surface area contributed by atoms with Gasteiger partial charge in [0.1, 0.15) is 0 Å². The van der Waals surface area contributed by atoms with E-state index in [1.165, 1.54) is 29.6 Å². The second-order valence-electron chi connectivity index (χ2n) is 6.29. The first kappa shape index (κ1) is 14.5. The maximum Gasteiger partial charge on any atom is 0.0739 e. The van der Waals surface area contributed by atoms with E-state index in [2.05, 4.69) is 56.7 Å². The van der Waals surface area contributed by atoms with Gasteiger partial charge in [0.05, 0.1) is 15.9 Å². The average Bonchev–Trinajstić information content (AvgIpc) is 3.24. The molecule has 1 saturated heterocycles. The summed E-state index contributed by atoms with van der Waals surface area (Å²) in [6, 6.07) is 1.29.